The summed E-state index contributed by atoms with van der Waals surface area (Å²) in [7, 11) is 0. The Kier molecular flexibility index (Phi) is 4.83. The van der Waals surface area contributed by atoms with Crippen LogP contribution in [0.15, 0.2) is 53.0 Å². The third kappa shape index (κ3) is 3.76. The second kappa shape index (κ2) is 7.23. The summed E-state index contributed by atoms with van der Waals surface area (Å²) in [6, 6.07) is 16.3. The molecular formula is C19H19BrN3OS+. The lowest BCUT2D eigenvalue weighted by atomic mass is 10.2. The predicted molar refractivity (Wildman–Crippen MR) is 105 cm³/mol. The van der Waals surface area contributed by atoms with E-state index >= 15 is 0 Å². The van der Waals surface area contributed by atoms with Gasteiger partial charge in [-0.2, -0.15) is 0 Å². The van der Waals surface area contributed by atoms with E-state index in [9.17, 15) is 4.79 Å². The summed E-state index contributed by atoms with van der Waals surface area (Å²) in [6.45, 7) is 1.50. The van der Waals surface area contributed by atoms with Gasteiger partial charge in [0.1, 0.15) is 6.04 Å². The molecule has 3 aromatic rings. The normalized spacial score (nSPS) is 20.0. The second-order valence-corrected chi connectivity index (χ2v) is 8.34. The summed E-state index contributed by atoms with van der Waals surface area (Å²) in [4.78, 5) is 18.6. The average molecular weight is 417 g/mol. The lowest BCUT2D eigenvalue weighted by molar-refractivity contribution is -0.910. The van der Waals surface area contributed by atoms with Gasteiger partial charge in [-0.05, 0) is 30.3 Å². The van der Waals surface area contributed by atoms with E-state index < -0.39 is 0 Å². The van der Waals surface area contributed by atoms with Crippen molar-refractivity contribution in [2.75, 3.05) is 18.4 Å². The lowest BCUT2D eigenvalue weighted by Crippen LogP contribution is -3.11. The van der Waals surface area contributed by atoms with Crippen molar-refractivity contribution in [3.05, 3.63) is 58.0 Å². The molecule has 1 aliphatic rings. The van der Waals surface area contributed by atoms with Crippen LogP contribution >= 0.6 is 27.3 Å². The number of likely N-dealkylation sites (tertiary alicyclic amines) is 1. The molecular weight excluding hydrogens is 398 g/mol. The molecule has 6 heteroatoms. The van der Waals surface area contributed by atoms with Crippen LogP contribution in [0.2, 0.25) is 0 Å². The molecule has 2 N–H and O–H groups in total. The first-order valence-electron chi connectivity index (χ1n) is 8.44. The zero-order chi connectivity index (χ0) is 17.2. The number of quaternary nitrogens is 1. The molecule has 1 aromatic heterocycles. The highest BCUT2D eigenvalue weighted by Crippen LogP contribution is 2.28. The van der Waals surface area contributed by atoms with Crippen LogP contribution in [0.5, 0.6) is 0 Å². The first-order valence-corrected chi connectivity index (χ1v) is 10.1. The molecule has 1 saturated heterocycles. The monoisotopic (exact) mass is 416 g/mol. The topological polar surface area (TPSA) is 46.4 Å². The molecule has 128 valence electrons. The van der Waals surface area contributed by atoms with Gasteiger partial charge in [-0.25, -0.2) is 4.98 Å². The van der Waals surface area contributed by atoms with Crippen LogP contribution < -0.4 is 10.2 Å². The number of nitrogens with zero attached hydrogens (tertiary/aromatic N) is 1. The number of benzene rings is 2. The van der Waals surface area contributed by atoms with E-state index in [0.717, 1.165) is 40.1 Å². The molecule has 0 saturated carbocycles. The van der Waals surface area contributed by atoms with Crippen molar-refractivity contribution in [3.8, 4) is 0 Å². The van der Waals surface area contributed by atoms with E-state index in [2.05, 4.69) is 39.4 Å². The number of rotatable bonds is 4. The van der Waals surface area contributed by atoms with E-state index in [1.165, 1.54) is 9.60 Å². The quantitative estimate of drug-likeness (QED) is 0.684. The minimum absolute atomic E-state index is 0.0566. The van der Waals surface area contributed by atoms with Crippen LogP contribution in [0.3, 0.4) is 0 Å². The largest absolute Gasteiger partial charge is 0.321 e. The molecule has 2 aromatic carbocycles. The number of hydrogen-bond acceptors (Lipinski definition) is 3. The Bertz CT molecular complexity index is 877. The molecule has 2 heterocycles. The highest BCUT2D eigenvalue weighted by atomic mass is 79.9. The Balaban J connectivity index is 1.46. The molecule has 0 radical (unpaired) electrons. The van der Waals surface area contributed by atoms with E-state index in [1.54, 1.807) is 11.3 Å². The first kappa shape index (κ1) is 16.7. The van der Waals surface area contributed by atoms with Gasteiger partial charge in [0.15, 0.2) is 11.6 Å². The Morgan fingerprint density at radius 1 is 1.28 bits per heavy atom. The smallest absolute Gasteiger partial charge is 0.279 e. The number of hydrogen-bond donors (Lipinski definition) is 2. The third-order valence-corrected chi connectivity index (χ3v) is 6.23. The highest BCUT2D eigenvalue weighted by molar-refractivity contribution is 9.10. The number of carbonyl (C=O) groups excluding carboxylic acids is 1. The number of halogens is 1. The minimum Gasteiger partial charge on any atom is -0.321 e. The van der Waals surface area contributed by atoms with Crippen LogP contribution in [0.4, 0.5) is 5.69 Å². The SMILES string of the molecule is O=C(C[NH+]1CCC[C@@H]1c1nc2ccccc2s1)Nc1cccc(Br)c1. The van der Waals surface area contributed by atoms with Crippen molar-refractivity contribution >= 4 is 49.1 Å². The average Bonchev–Trinajstić information content (AvgIpc) is 3.20. The molecule has 4 nitrogen and oxygen atoms in total. The number of aromatic nitrogens is 1. The standard InChI is InChI=1S/C19H18BrN3OS/c20-13-5-3-6-14(11-13)21-18(24)12-23-10-4-8-16(23)19-22-15-7-1-2-9-17(15)25-19/h1-3,5-7,9,11,16H,4,8,10,12H2,(H,21,24)/p+1/t16-/m1/s1. The molecule has 0 bridgehead atoms. The zero-order valence-corrected chi connectivity index (χ0v) is 16.1. The van der Waals surface area contributed by atoms with Gasteiger partial charge in [0, 0.05) is 23.0 Å². The zero-order valence-electron chi connectivity index (χ0n) is 13.7. The summed E-state index contributed by atoms with van der Waals surface area (Å²) < 4.78 is 2.19. The Labute approximate surface area is 159 Å². The van der Waals surface area contributed by atoms with Gasteiger partial charge >= 0.3 is 0 Å². The molecule has 1 amide bonds. The second-order valence-electron chi connectivity index (χ2n) is 6.36. The molecule has 25 heavy (non-hydrogen) atoms. The molecule has 0 spiro atoms. The van der Waals surface area contributed by atoms with Crippen molar-refractivity contribution in [3.63, 3.8) is 0 Å². The van der Waals surface area contributed by atoms with Gasteiger partial charge in [-0.15, -0.1) is 11.3 Å². The van der Waals surface area contributed by atoms with Crippen LogP contribution in [0.25, 0.3) is 10.2 Å². The van der Waals surface area contributed by atoms with Gasteiger partial charge in [0.05, 0.1) is 16.8 Å². The summed E-state index contributed by atoms with van der Waals surface area (Å²) in [5.74, 6) is 0.0566. The van der Waals surface area contributed by atoms with E-state index in [1.807, 2.05) is 30.3 Å². The van der Waals surface area contributed by atoms with Gasteiger partial charge in [-0.3, -0.25) is 4.79 Å². The maximum Gasteiger partial charge on any atom is 0.279 e. The number of para-hydroxylation sites is 1. The van der Waals surface area contributed by atoms with Crippen molar-refractivity contribution in [2.45, 2.75) is 18.9 Å². The molecule has 1 unspecified atom stereocenters. The van der Waals surface area contributed by atoms with Gasteiger partial charge in [0.25, 0.3) is 5.91 Å². The van der Waals surface area contributed by atoms with Crippen molar-refractivity contribution in [2.24, 2.45) is 0 Å². The van der Waals surface area contributed by atoms with Crippen LogP contribution in [-0.4, -0.2) is 24.0 Å². The van der Waals surface area contributed by atoms with Gasteiger partial charge in [0.2, 0.25) is 0 Å². The first-order chi connectivity index (χ1) is 12.2. The Morgan fingerprint density at radius 2 is 2.16 bits per heavy atom. The molecule has 2 atom stereocenters. The molecule has 1 fully saturated rings. The fourth-order valence-corrected chi connectivity index (χ4v) is 5.00. The number of thiazole rings is 1. The van der Waals surface area contributed by atoms with Crippen molar-refractivity contribution in [1.82, 2.24) is 4.98 Å². The van der Waals surface area contributed by atoms with Gasteiger partial charge < -0.3 is 10.2 Å². The number of nitrogens with one attached hydrogen (secondary N) is 2. The fraction of sp³-hybridized carbons (Fsp3) is 0.263. The Hall–Kier alpha value is -1.76. The number of anilines is 1. The summed E-state index contributed by atoms with van der Waals surface area (Å²) in [6.07, 6.45) is 2.24. The van der Waals surface area contributed by atoms with Crippen LogP contribution in [0, 0.1) is 0 Å². The van der Waals surface area contributed by atoms with E-state index in [4.69, 9.17) is 4.98 Å². The van der Waals surface area contributed by atoms with Crippen molar-refractivity contribution < 1.29 is 9.69 Å². The summed E-state index contributed by atoms with van der Waals surface area (Å²) in [5.41, 5.74) is 1.89. The maximum atomic E-state index is 12.5. The number of fused-ring (bicyclic) bond motifs is 1. The van der Waals surface area contributed by atoms with E-state index in [-0.39, 0.29) is 5.91 Å². The summed E-state index contributed by atoms with van der Waals surface area (Å²) >= 11 is 5.20. The molecule has 0 aliphatic carbocycles. The third-order valence-electron chi connectivity index (χ3n) is 4.59. The minimum atomic E-state index is 0.0566. The molecule has 4 rings (SSSR count). The highest BCUT2D eigenvalue weighted by Gasteiger charge is 2.33. The number of carbonyl (C=O) groups is 1. The predicted octanol–water partition coefficient (Wildman–Crippen LogP) is 3.42. The molecule has 1 aliphatic heterocycles. The van der Waals surface area contributed by atoms with E-state index in [0.29, 0.717) is 12.6 Å². The lowest BCUT2D eigenvalue weighted by Gasteiger charge is -2.19. The number of amides is 1. The fourth-order valence-electron chi connectivity index (χ4n) is 3.44. The van der Waals surface area contributed by atoms with Crippen molar-refractivity contribution in [1.29, 1.82) is 0 Å². The summed E-state index contributed by atoms with van der Waals surface area (Å²) in [5, 5.41) is 4.16. The van der Waals surface area contributed by atoms with Crippen LogP contribution in [-0.2, 0) is 4.79 Å². The van der Waals surface area contributed by atoms with Gasteiger partial charge in [-0.1, -0.05) is 34.1 Å². The van der Waals surface area contributed by atoms with Crippen LogP contribution in [0.1, 0.15) is 23.9 Å². The maximum absolute atomic E-state index is 12.5. The Morgan fingerprint density at radius 3 is 3.00 bits per heavy atom.